The molecule has 0 aliphatic heterocycles. The van der Waals surface area contributed by atoms with E-state index in [9.17, 15) is 9.90 Å². The molecule has 0 saturated carbocycles. The molecule has 0 bridgehead atoms. The topological polar surface area (TPSA) is 55.8 Å². The summed E-state index contributed by atoms with van der Waals surface area (Å²) in [5.41, 5.74) is -0.443. The third-order valence-corrected chi connectivity index (χ3v) is 3.10. The lowest BCUT2D eigenvalue weighted by Gasteiger charge is -2.31. The minimum Gasteiger partial charge on any atom is -0.460 e. The van der Waals surface area contributed by atoms with Crippen LogP contribution in [0.2, 0.25) is 0 Å². The van der Waals surface area contributed by atoms with Crippen molar-refractivity contribution in [1.29, 1.82) is 0 Å². The van der Waals surface area contributed by atoms with E-state index in [0.29, 0.717) is 13.0 Å². The highest BCUT2D eigenvalue weighted by molar-refractivity contribution is 5.66. The predicted octanol–water partition coefficient (Wildman–Crippen LogP) is 2.92. The Bertz CT molecular complexity index is 278. The molecule has 114 valence electrons. The predicted molar refractivity (Wildman–Crippen MR) is 76.0 cm³/mol. The molecular weight excluding hydrogens is 244 g/mol. The smallest absolute Gasteiger partial charge is 0.302 e. The summed E-state index contributed by atoms with van der Waals surface area (Å²) in [6, 6.07) is 0. The van der Waals surface area contributed by atoms with E-state index in [1.54, 1.807) is 0 Å². The van der Waals surface area contributed by atoms with Crippen LogP contribution >= 0.6 is 0 Å². The Morgan fingerprint density at radius 3 is 2.16 bits per heavy atom. The number of carbonyl (C=O) groups is 1. The Labute approximate surface area is 117 Å². The number of aliphatic hydroxyl groups is 1. The van der Waals surface area contributed by atoms with Crippen LogP contribution in [0.15, 0.2) is 0 Å². The lowest BCUT2D eigenvalue weighted by Crippen LogP contribution is -2.33. The number of hydrogen-bond acceptors (Lipinski definition) is 4. The molecule has 0 aliphatic rings. The Morgan fingerprint density at radius 1 is 1.21 bits per heavy atom. The fourth-order valence-corrected chi connectivity index (χ4v) is 1.65. The van der Waals surface area contributed by atoms with E-state index < -0.39 is 0 Å². The van der Waals surface area contributed by atoms with Gasteiger partial charge in [-0.2, -0.15) is 0 Å². The van der Waals surface area contributed by atoms with Crippen molar-refractivity contribution in [1.82, 2.24) is 0 Å². The van der Waals surface area contributed by atoms with Crippen LogP contribution in [0.1, 0.15) is 61.3 Å². The van der Waals surface area contributed by atoms with E-state index in [2.05, 4.69) is 0 Å². The average Bonchev–Trinajstić information content (AvgIpc) is 2.21. The van der Waals surface area contributed by atoms with Crippen LogP contribution < -0.4 is 0 Å². The first kappa shape index (κ1) is 18.4. The van der Waals surface area contributed by atoms with E-state index in [0.717, 1.165) is 6.42 Å². The molecule has 0 aromatic heterocycles. The third-order valence-electron chi connectivity index (χ3n) is 3.10. The molecule has 0 heterocycles. The van der Waals surface area contributed by atoms with Crippen molar-refractivity contribution in [2.75, 3.05) is 6.61 Å². The second kappa shape index (κ2) is 7.25. The largest absolute Gasteiger partial charge is 0.460 e. The minimum atomic E-state index is -0.346. The molecule has 4 heteroatoms. The molecule has 2 atom stereocenters. The quantitative estimate of drug-likeness (QED) is 0.725. The van der Waals surface area contributed by atoms with Crippen molar-refractivity contribution in [2.45, 2.75) is 79.1 Å². The van der Waals surface area contributed by atoms with E-state index in [-0.39, 0.29) is 29.2 Å². The van der Waals surface area contributed by atoms with Gasteiger partial charge in [-0.3, -0.25) is 4.79 Å². The number of esters is 1. The van der Waals surface area contributed by atoms with Gasteiger partial charge in [0.25, 0.3) is 0 Å². The highest BCUT2D eigenvalue weighted by Crippen LogP contribution is 2.26. The van der Waals surface area contributed by atoms with E-state index in [1.165, 1.54) is 6.92 Å². The first-order valence-corrected chi connectivity index (χ1v) is 6.93. The number of rotatable bonds is 7. The monoisotopic (exact) mass is 274 g/mol. The van der Waals surface area contributed by atoms with Crippen LogP contribution in [0.4, 0.5) is 0 Å². The van der Waals surface area contributed by atoms with Crippen LogP contribution in [-0.2, 0) is 14.3 Å². The number of carbonyl (C=O) groups excluding carboxylic acids is 1. The fraction of sp³-hybridized carbons (Fsp3) is 0.933. The van der Waals surface area contributed by atoms with Gasteiger partial charge in [-0.25, -0.2) is 0 Å². The summed E-state index contributed by atoms with van der Waals surface area (Å²) < 4.78 is 10.8. The van der Waals surface area contributed by atoms with Gasteiger partial charge in [0.15, 0.2) is 0 Å². The molecule has 0 spiro atoms. The van der Waals surface area contributed by atoms with Crippen LogP contribution in [-0.4, -0.2) is 35.5 Å². The summed E-state index contributed by atoms with van der Waals surface area (Å²) in [5, 5.41) is 10.0. The van der Waals surface area contributed by atoms with Gasteiger partial charge in [-0.1, -0.05) is 20.8 Å². The van der Waals surface area contributed by atoms with Crippen molar-refractivity contribution in [2.24, 2.45) is 5.41 Å². The summed E-state index contributed by atoms with van der Waals surface area (Å²) in [6.07, 6.45) is 0.863. The lowest BCUT2D eigenvalue weighted by atomic mass is 9.84. The second-order valence-corrected chi connectivity index (χ2v) is 6.91. The molecule has 0 amide bonds. The van der Waals surface area contributed by atoms with Gasteiger partial charge in [0.1, 0.15) is 6.10 Å². The molecule has 19 heavy (non-hydrogen) atoms. The summed E-state index contributed by atoms with van der Waals surface area (Å²) >= 11 is 0. The number of ether oxygens (including phenoxy) is 2. The van der Waals surface area contributed by atoms with Gasteiger partial charge in [-0.05, 0) is 39.0 Å². The average molecular weight is 274 g/mol. The molecule has 0 fully saturated rings. The van der Waals surface area contributed by atoms with Crippen molar-refractivity contribution in [3.05, 3.63) is 0 Å². The Balaban J connectivity index is 4.08. The summed E-state index contributed by atoms with van der Waals surface area (Å²) in [6.45, 7) is 13.6. The lowest BCUT2D eigenvalue weighted by molar-refractivity contribution is -0.152. The molecular formula is C15H30O4. The summed E-state index contributed by atoms with van der Waals surface area (Å²) in [5.74, 6) is -0.294. The van der Waals surface area contributed by atoms with Gasteiger partial charge in [0, 0.05) is 6.92 Å². The molecule has 0 aliphatic carbocycles. The van der Waals surface area contributed by atoms with Crippen LogP contribution in [0, 0.1) is 5.41 Å². The molecule has 0 saturated heterocycles. The van der Waals surface area contributed by atoms with E-state index in [4.69, 9.17) is 9.47 Å². The minimum absolute atomic E-state index is 0.110. The zero-order valence-corrected chi connectivity index (χ0v) is 13.4. The first-order valence-electron chi connectivity index (χ1n) is 6.93. The van der Waals surface area contributed by atoms with Gasteiger partial charge in [0.2, 0.25) is 0 Å². The zero-order valence-electron chi connectivity index (χ0n) is 13.4. The summed E-state index contributed by atoms with van der Waals surface area (Å²) in [7, 11) is 0. The number of hydrogen-bond donors (Lipinski definition) is 1. The molecule has 2 unspecified atom stereocenters. The zero-order chi connectivity index (χ0) is 15.3. The van der Waals surface area contributed by atoms with Gasteiger partial charge >= 0.3 is 5.97 Å². The summed E-state index contributed by atoms with van der Waals surface area (Å²) in [4.78, 5) is 10.8. The number of aliphatic hydroxyl groups excluding tert-OH is 1. The Hall–Kier alpha value is -0.610. The first-order chi connectivity index (χ1) is 8.44. The highest BCUT2D eigenvalue weighted by Gasteiger charge is 2.26. The SMILES string of the molecule is CC(=O)OC(C)COC(C)(C)CCC(O)C(C)(C)C. The van der Waals surface area contributed by atoms with E-state index in [1.807, 2.05) is 41.5 Å². The van der Waals surface area contributed by atoms with Crippen LogP contribution in [0.5, 0.6) is 0 Å². The van der Waals surface area contributed by atoms with Crippen molar-refractivity contribution < 1.29 is 19.4 Å². The maximum atomic E-state index is 10.8. The molecule has 0 aromatic carbocycles. The maximum Gasteiger partial charge on any atom is 0.302 e. The molecule has 4 nitrogen and oxygen atoms in total. The van der Waals surface area contributed by atoms with Gasteiger partial charge in [0.05, 0.1) is 18.3 Å². The molecule has 0 aromatic rings. The van der Waals surface area contributed by atoms with Gasteiger partial charge in [-0.15, -0.1) is 0 Å². The van der Waals surface area contributed by atoms with Crippen molar-refractivity contribution in [3.8, 4) is 0 Å². The van der Waals surface area contributed by atoms with Crippen LogP contribution in [0.25, 0.3) is 0 Å². The van der Waals surface area contributed by atoms with Crippen LogP contribution in [0.3, 0.4) is 0 Å². The molecule has 1 N–H and O–H groups in total. The van der Waals surface area contributed by atoms with Crippen molar-refractivity contribution >= 4 is 5.97 Å². The Kier molecular flexibility index (Phi) is 7.01. The third kappa shape index (κ3) is 9.00. The van der Waals surface area contributed by atoms with E-state index >= 15 is 0 Å². The normalized spacial score (nSPS) is 16.0. The Morgan fingerprint density at radius 2 is 1.74 bits per heavy atom. The maximum absolute atomic E-state index is 10.8. The molecule has 0 rings (SSSR count). The second-order valence-electron chi connectivity index (χ2n) is 6.91. The molecule has 0 radical (unpaired) electrons. The standard InChI is InChI=1S/C15H30O4/c1-11(19-12(2)16)10-18-15(6,7)9-8-13(17)14(3,4)5/h11,13,17H,8-10H2,1-7H3. The fourth-order valence-electron chi connectivity index (χ4n) is 1.65. The van der Waals surface area contributed by atoms with Gasteiger partial charge < -0.3 is 14.6 Å². The highest BCUT2D eigenvalue weighted by atomic mass is 16.6. The van der Waals surface area contributed by atoms with Crippen molar-refractivity contribution in [3.63, 3.8) is 0 Å².